The van der Waals surface area contributed by atoms with E-state index in [1.165, 1.54) is 12.4 Å². The number of morpholine rings is 1. The fourth-order valence-corrected chi connectivity index (χ4v) is 3.99. The van der Waals surface area contributed by atoms with Crippen molar-refractivity contribution in [2.45, 2.75) is 6.54 Å². The van der Waals surface area contributed by atoms with Crippen molar-refractivity contribution in [2.75, 3.05) is 43.2 Å². The molecule has 0 spiro atoms. The van der Waals surface area contributed by atoms with Crippen LogP contribution in [-0.4, -0.2) is 79.1 Å². The average Bonchev–Trinajstić information content (AvgIpc) is 3.23. The molecule has 0 unspecified atom stereocenters. The van der Waals surface area contributed by atoms with E-state index in [0.717, 1.165) is 0 Å². The van der Waals surface area contributed by atoms with Crippen molar-refractivity contribution in [3.63, 3.8) is 0 Å². The van der Waals surface area contributed by atoms with Gasteiger partial charge in [-0.1, -0.05) is 12.1 Å². The van der Waals surface area contributed by atoms with Gasteiger partial charge in [-0.3, -0.25) is 10.0 Å². The average molecular weight is 492 g/mol. The molecule has 4 aromatic rings. The number of phenols is 1. The third-order valence-corrected chi connectivity index (χ3v) is 5.93. The molecule has 13 heteroatoms. The normalized spacial score (nSPS) is 13.7. The quantitative estimate of drug-likeness (QED) is 0.262. The Kier molecular flexibility index (Phi) is 6.31. The molecule has 4 heterocycles. The summed E-state index contributed by atoms with van der Waals surface area (Å²) >= 11 is 0. The van der Waals surface area contributed by atoms with Crippen LogP contribution in [0.15, 0.2) is 36.7 Å². The van der Waals surface area contributed by atoms with Crippen LogP contribution in [0.25, 0.3) is 22.6 Å². The maximum atomic E-state index is 11.5. The number of fused-ring (bicyclic) bond motifs is 1. The fraction of sp³-hybridized carbons (Fsp3) is 0.304. The number of anilines is 2. The number of hydrogen-bond donors (Lipinski definition) is 3. The highest BCUT2D eigenvalue weighted by atomic mass is 16.5. The first kappa shape index (κ1) is 23.4. The van der Waals surface area contributed by atoms with Crippen molar-refractivity contribution in [2.24, 2.45) is 7.05 Å². The maximum absolute atomic E-state index is 11.5. The Labute approximate surface area is 206 Å². The van der Waals surface area contributed by atoms with E-state index < -0.39 is 5.91 Å². The number of hydrogen-bond acceptors (Lipinski definition) is 11. The van der Waals surface area contributed by atoms with Crippen LogP contribution in [0.2, 0.25) is 0 Å². The van der Waals surface area contributed by atoms with E-state index >= 15 is 0 Å². The van der Waals surface area contributed by atoms with Crippen LogP contribution in [0.5, 0.6) is 5.75 Å². The van der Waals surface area contributed by atoms with Gasteiger partial charge in [0, 0.05) is 45.1 Å². The Morgan fingerprint density at radius 1 is 1.17 bits per heavy atom. The molecule has 1 aromatic carbocycles. The van der Waals surface area contributed by atoms with Gasteiger partial charge in [-0.05, 0) is 12.1 Å². The highest BCUT2D eigenvalue weighted by Crippen LogP contribution is 2.29. The van der Waals surface area contributed by atoms with Crippen molar-refractivity contribution < 1.29 is 19.8 Å². The number of rotatable bonds is 6. The number of carbonyl (C=O) groups excluding carboxylic acids is 1. The number of nitrogens with zero attached hydrogens (tertiary/aromatic N) is 8. The van der Waals surface area contributed by atoms with E-state index in [0.29, 0.717) is 73.0 Å². The van der Waals surface area contributed by atoms with E-state index in [1.54, 1.807) is 28.6 Å². The molecule has 1 saturated heterocycles. The first-order valence-electron chi connectivity index (χ1n) is 11.3. The lowest BCUT2D eigenvalue weighted by molar-refractivity contribution is 0.0705. The van der Waals surface area contributed by atoms with Gasteiger partial charge in [-0.15, -0.1) is 0 Å². The van der Waals surface area contributed by atoms with Crippen molar-refractivity contribution >= 4 is 28.8 Å². The van der Waals surface area contributed by atoms with Crippen molar-refractivity contribution in [1.82, 2.24) is 35.0 Å². The molecule has 0 atom stereocenters. The monoisotopic (exact) mass is 491 g/mol. The van der Waals surface area contributed by atoms with Crippen LogP contribution >= 0.6 is 0 Å². The Bertz CT molecular complexity index is 1400. The summed E-state index contributed by atoms with van der Waals surface area (Å²) in [7, 11) is 3.70. The first-order valence-corrected chi connectivity index (χ1v) is 11.3. The summed E-state index contributed by atoms with van der Waals surface area (Å²) in [5, 5.41) is 18.8. The third-order valence-electron chi connectivity index (χ3n) is 5.93. The van der Waals surface area contributed by atoms with Gasteiger partial charge in [0.25, 0.3) is 5.91 Å². The lowest BCUT2D eigenvalue weighted by atomic mass is 10.2. The van der Waals surface area contributed by atoms with Crippen LogP contribution in [0.4, 0.5) is 11.8 Å². The molecular weight excluding hydrogens is 466 g/mol. The summed E-state index contributed by atoms with van der Waals surface area (Å²) in [6, 6.07) is 6.85. The van der Waals surface area contributed by atoms with E-state index in [9.17, 15) is 9.90 Å². The molecular formula is C23H25N9O4. The topological polar surface area (TPSA) is 155 Å². The zero-order valence-corrected chi connectivity index (χ0v) is 19.8. The van der Waals surface area contributed by atoms with E-state index in [-0.39, 0.29) is 11.3 Å². The molecule has 1 aliphatic rings. The van der Waals surface area contributed by atoms with E-state index in [1.807, 2.05) is 24.7 Å². The highest BCUT2D eigenvalue weighted by molar-refractivity contribution is 5.92. The van der Waals surface area contributed by atoms with E-state index in [4.69, 9.17) is 24.9 Å². The molecule has 1 aliphatic heterocycles. The van der Waals surface area contributed by atoms with Crippen LogP contribution in [-0.2, 0) is 18.3 Å². The summed E-state index contributed by atoms with van der Waals surface area (Å²) in [6.07, 6.45) is 2.67. The Morgan fingerprint density at radius 3 is 2.61 bits per heavy atom. The molecule has 1 amide bonds. The smallest absolute Gasteiger partial charge is 0.277 e. The number of phenolic OH excluding ortho intramolecular Hbond substituents is 1. The summed E-state index contributed by atoms with van der Waals surface area (Å²) in [4.78, 5) is 38.4. The number of nitrogens with one attached hydrogen (secondary N) is 1. The second-order valence-electron chi connectivity index (χ2n) is 8.35. The molecule has 13 nitrogen and oxygen atoms in total. The van der Waals surface area contributed by atoms with Gasteiger partial charge in [0.2, 0.25) is 5.95 Å². The molecule has 0 bridgehead atoms. The van der Waals surface area contributed by atoms with Gasteiger partial charge in [-0.2, -0.15) is 0 Å². The summed E-state index contributed by atoms with van der Waals surface area (Å²) in [5.74, 6) is 1.75. The van der Waals surface area contributed by atoms with Gasteiger partial charge in [0.15, 0.2) is 22.8 Å². The lowest BCUT2D eigenvalue weighted by Crippen LogP contribution is -2.37. The number of ether oxygens (including phenoxy) is 1. The molecule has 3 aromatic heterocycles. The van der Waals surface area contributed by atoms with Gasteiger partial charge < -0.3 is 24.2 Å². The minimum absolute atomic E-state index is 0.138. The fourth-order valence-electron chi connectivity index (χ4n) is 3.99. The Morgan fingerprint density at radius 2 is 1.92 bits per heavy atom. The molecule has 186 valence electrons. The molecule has 0 saturated carbocycles. The molecule has 0 radical (unpaired) electrons. The van der Waals surface area contributed by atoms with Crippen LogP contribution < -0.4 is 15.3 Å². The molecule has 3 N–H and O–H groups in total. The summed E-state index contributed by atoms with van der Waals surface area (Å²) in [6.45, 7) is 2.91. The Hall–Kier alpha value is -4.36. The lowest BCUT2D eigenvalue weighted by Gasteiger charge is -2.28. The second kappa shape index (κ2) is 9.71. The highest BCUT2D eigenvalue weighted by Gasteiger charge is 2.23. The Balaban J connectivity index is 1.53. The number of aryl methyl sites for hydroxylation is 1. The van der Waals surface area contributed by atoms with Gasteiger partial charge in [0.05, 0.1) is 25.3 Å². The summed E-state index contributed by atoms with van der Waals surface area (Å²) < 4.78 is 7.42. The molecule has 36 heavy (non-hydrogen) atoms. The minimum Gasteiger partial charge on any atom is -0.508 e. The predicted molar refractivity (Wildman–Crippen MR) is 130 cm³/mol. The van der Waals surface area contributed by atoms with Crippen LogP contribution in [0.3, 0.4) is 0 Å². The molecule has 1 fully saturated rings. The van der Waals surface area contributed by atoms with Crippen LogP contribution in [0.1, 0.15) is 16.2 Å². The number of hydroxylamine groups is 1. The SMILES string of the molecule is CN(Cc1nc2c(N3CCOCC3)nc(-c3cccc(O)c3)nc2n1C)c1ncc(C(=O)NO)cn1. The van der Waals surface area contributed by atoms with Crippen molar-refractivity contribution in [1.29, 1.82) is 0 Å². The minimum atomic E-state index is -0.684. The van der Waals surface area contributed by atoms with Gasteiger partial charge in [-0.25, -0.2) is 30.4 Å². The standard InChI is InChI=1S/C23H25N9O4/c1-30(23-24-11-15(12-25-23)22(34)29-35)13-17-26-18-20(31(17)2)27-19(14-4-3-5-16(33)10-14)28-21(18)32-6-8-36-9-7-32/h3-5,10-12,33,35H,6-9,13H2,1-2H3,(H,29,34). The zero-order valence-electron chi connectivity index (χ0n) is 19.8. The van der Waals surface area contributed by atoms with Crippen LogP contribution in [0, 0.1) is 0 Å². The van der Waals surface area contributed by atoms with Crippen molar-refractivity contribution in [3.05, 3.63) is 48.0 Å². The van der Waals surface area contributed by atoms with E-state index in [2.05, 4.69) is 14.9 Å². The van der Waals surface area contributed by atoms with Crippen molar-refractivity contribution in [3.8, 4) is 17.1 Å². The number of imidazole rings is 1. The number of aromatic nitrogens is 6. The number of carbonyl (C=O) groups is 1. The maximum Gasteiger partial charge on any atom is 0.277 e. The third kappa shape index (κ3) is 4.48. The molecule has 5 rings (SSSR count). The van der Waals surface area contributed by atoms with Gasteiger partial charge >= 0.3 is 0 Å². The number of amides is 1. The second-order valence-corrected chi connectivity index (χ2v) is 8.35. The largest absolute Gasteiger partial charge is 0.508 e. The zero-order chi connectivity index (χ0) is 25.2. The molecule has 0 aliphatic carbocycles. The first-order chi connectivity index (χ1) is 17.4. The number of benzene rings is 1. The summed E-state index contributed by atoms with van der Waals surface area (Å²) in [5.41, 5.74) is 3.73. The predicted octanol–water partition coefficient (Wildman–Crippen LogP) is 1.12. The van der Waals surface area contributed by atoms with Gasteiger partial charge in [0.1, 0.15) is 11.6 Å². The number of aromatic hydroxyl groups is 1.